The van der Waals surface area contributed by atoms with Gasteiger partial charge >= 0.3 is 6.01 Å². The lowest BCUT2D eigenvalue weighted by atomic mass is 10.1. The average molecular weight is 259 g/mol. The third kappa shape index (κ3) is 5.68. The Morgan fingerprint density at radius 2 is 2.00 bits per heavy atom. The largest absolute Gasteiger partial charge is 0.467 e. The first-order chi connectivity index (χ1) is 8.11. The van der Waals surface area contributed by atoms with Crippen molar-refractivity contribution in [2.24, 2.45) is 5.92 Å². The van der Waals surface area contributed by atoms with E-state index in [0.717, 1.165) is 18.9 Å². The zero-order valence-electron chi connectivity index (χ0n) is 10.5. The van der Waals surface area contributed by atoms with E-state index in [1.165, 1.54) is 20.0 Å². The third-order valence-corrected chi connectivity index (χ3v) is 2.43. The van der Waals surface area contributed by atoms with Crippen LogP contribution in [0.15, 0.2) is 0 Å². The second-order valence-corrected chi connectivity index (χ2v) is 4.57. The van der Waals surface area contributed by atoms with Gasteiger partial charge < -0.3 is 10.1 Å². The van der Waals surface area contributed by atoms with Crippen molar-refractivity contribution in [1.82, 2.24) is 15.0 Å². The van der Waals surface area contributed by atoms with Crippen molar-refractivity contribution in [1.29, 1.82) is 0 Å². The van der Waals surface area contributed by atoms with Crippen LogP contribution in [-0.2, 0) is 0 Å². The van der Waals surface area contributed by atoms with Crippen LogP contribution in [0.1, 0.15) is 33.1 Å². The molecule has 17 heavy (non-hydrogen) atoms. The number of nitrogens with zero attached hydrogens (tertiary/aromatic N) is 3. The highest BCUT2D eigenvalue weighted by Crippen LogP contribution is 2.11. The molecule has 0 amide bonds. The molecule has 0 aliphatic rings. The summed E-state index contributed by atoms with van der Waals surface area (Å²) in [6.07, 6.45) is 3.52. The number of hydrogen-bond acceptors (Lipinski definition) is 5. The van der Waals surface area contributed by atoms with Crippen LogP contribution in [0.25, 0.3) is 0 Å². The van der Waals surface area contributed by atoms with Crippen molar-refractivity contribution in [2.75, 3.05) is 19.0 Å². The maximum atomic E-state index is 5.73. The first kappa shape index (κ1) is 14.0. The van der Waals surface area contributed by atoms with Gasteiger partial charge in [0.05, 0.1) is 7.11 Å². The molecule has 0 aliphatic heterocycles. The second-order valence-electron chi connectivity index (χ2n) is 4.23. The van der Waals surface area contributed by atoms with Gasteiger partial charge in [-0.3, -0.25) is 0 Å². The number of nitrogens with one attached hydrogen (secondary N) is 1. The zero-order valence-corrected chi connectivity index (χ0v) is 11.3. The van der Waals surface area contributed by atoms with Gasteiger partial charge in [0, 0.05) is 6.54 Å². The molecule has 5 nitrogen and oxygen atoms in total. The molecule has 0 atom stereocenters. The molecule has 96 valence electrons. The van der Waals surface area contributed by atoms with Crippen LogP contribution in [0.3, 0.4) is 0 Å². The second kappa shape index (κ2) is 7.27. The number of hydrogen-bond donors (Lipinski definition) is 1. The average Bonchev–Trinajstić information content (AvgIpc) is 2.27. The fourth-order valence-corrected chi connectivity index (χ4v) is 1.53. The Morgan fingerprint density at radius 3 is 2.65 bits per heavy atom. The van der Waals surface area contributed by atoms with Crippen LogP contribution in [0.4, 0.5) is 5.95 Å². The van der Waals surface area contributed by atoms with E-state index in [2.05, 4.69) is 34.1 Å². The van der Waals surface area contributed by atoms with Gasteiger partial charge in [-0.15, -0.1) is 0 Å². The van der Waals surface area contributed by atoms with Crippen molar-refractivity contribution >= 4 is 17.5 Å². The van der Waals surface area contributed by atoms with Gasteiger partial charge in [0.25, 0.3) is 0 Å². The summed E-state index contributed by atoms with van der Waals surface area (Å²) in [6.45, 7) is 5.28. The number of aromatic nitrogens is 3. The summed E-state index contributed by atoms with van der Waals surface area (Å²) in [4.78, 5) is 11.8. The Kier molecular flexibility index (Phi) is 5.97. The standard InChI is InChI=1S/C11H19ClN4O/c1-8(2)6-4-5-7-13-10-14-9(12)15-11(16-10)17-3/h8H,4-7H2,1-3H3,(H,13,14,15,16). The highest BCUT2D eigenvalue weighted by Gasteiger charge is 2.04. The smallest absolute Gasteiger partial charge is 0.322 e. The van der Waals surface area contributed by atoms with Gasteiger partial charge in [-0.1, -0.05) is 26.7 Å². The van der Waals surface area contributed by atoms with Crippen molar-refractivity contribution in [3.05, 3.63) is 5.28 Å². The van der Waals surface area contributed by atoms with Gasteiger partial charge in [-0.25, -0.2) is 0 Å². The van der Waals surface area contributed by atoms with Gasteiger partial charge in [0.2, 0.25) is 11.2 Å². The summed E-state index contributed by atoms with van der Waals surface area (Å²) in [5, 5.41) is 3.25. The quantitative estimate of drug-likeness (QED) is 0.762. The Morgan fingerprint density at radius 1 is 1.24 bits per heavy atom. The molecule has 1 heterocycles. The number of unbranched alkanes of at least 4 members (excludes halogenated alkanes) is 1. The van der Waals surface area contributed by atoms with E-state index < -0.39 is 0 Å². The Balaban J connectivity index is 2.33. The summed E-state index contributed by atoms with van der Waals surface area (Å²) in [5.41, 5.74) is 0. The molecule has 1 rings (SSSR count). The Bertz CT molecular complexity index is 346. The molecule has 0 unspecified atom stereocenters. The van der Waals surface area contributed by atoms with Crippen molar-refractivity contribution in [2.45, 2.75) is 33.1 Å². The van der Waals surface area contributed by atoms with Crippen molar-refractivity contribution in [3.63, 3.8) is 0 Å². The molecule has 0 aliphatic carbocycles. The SMILES string of the molecule is COc1nc(Cl)nc(NCCCCC(C)C)n1. The van der Waals surface area contributed by atoms with E-state index in [0.29, 0.717) is 5.95 Å². The van der Waals surface area contributed by atoms with E-state index in [9.17, 15) is 0 Å². The first-order valence-corrected chi connectivity index (χ1v) is 6.19. The Labute approximate surface area is 107 Å². The van der Waals surface area contributed by atoms with Crippen LogP contribution in [-0.4, -0.2) is 28.6 Å². The topological polar surface area (TPSA) is 59.9 Å². The fraction of sp³-hybridized carbons (Fsp3) is 0.727. The molecule has 1 N–H and O–H groups in total. The Hall–Kier alpha value is -1.10. The molecule has 1 aromatic rings. The summed E-state index contributed by atoms with van der Waals surface area (Å²) in [6, 6.07) is 0.231. The molecule has 0 aromatic carbocycles. The molecule has 0 spiro atoms. The van der Waals surface area contributed by atoms with E-state index in [1.807, 2.05) is 0 Å². The van der Waals surface area contributed by atoms with Crippen LogP contribution in [0.5, 0.6) is 6.01 Å². The summed E-state index contributed by atoms with van der Waals surface area (Å²) >= 11 is 5.73. The molecule has 0 fully saturated rings. The molecular weight excluding hydrogens is 240 g/mol. The number of ether oxygens (including phenoxy) is 1. The van der Waals surface area contributed by atoms with E-state index in [4.69, 9.17) is 16.3 Å². The molecular formula is C11H19ClN4O. The minimum atomic E-state index is 0.140. The van der Waals surface area contributed by atoms with Gasteiger partial charge in [0.1, 0.15) is 0 Å². The predicted octanol–water partition coefficient (Wildman–Crippen LogP) is 2.77. The minimum absolute atomic E-state index is 0.140. The number of anilines is 1. The van der Waals surface area contributed by atoms with Crippen molar-refractivity contribution in [3.8, 4) is 6.01 Å². The lowest BCUT2D eigenvalue weighted by Crippen LogP contribution is -2.07. The maximum Gasteiger partial charge on any atom is 0.322 e. The summed E-state index contributed by atoms with van der Waals surface area (Å²) < 4.78 is 4.91. The fourth-order valence-electron chi connectivity index (χ4n) is 1.38. The molecule has 0 bridgehead atoms. The lowest BCUT2D eigenvalue weighted by Gasteiger charge is -2.07. The van der Waals surface area contributed by atoms with Gasteiger partial charge in [-0.2, -0.15) is 15.0 Å². The van der Waals surface area contributed by atoms with Crippen LogP contribution < -0.4 is 10.1 Å². The van der Waals surface area contributed by atoms with Crippen molar-refractivity contribution < 1.29 is 4.74 Å². The number of halogens is 1. The van der Waals surface area contributed by atoms with Crippen LogP contribution in [0.2, 0.25) is 5.28 Å². The normalized spacial score (nSPS) is 10.6. The maximum absolute atomic E-state index is 5.73. The highest BCUT2D eigenvalue weighted by atomic mass is 35.5. The number of rotatable bonds is 7. The molecule has 6 heteroatoms. The molecule has 0 saturated carbocycles. The summed E-state index contributed by atoms with van der Waals surface area (Å²) in [5.74, 6) is 1.22. The first-order valence-electron chi connectivity index (χ1n) is 5.81. The summed E-state index contributed by atoms with van der Waals surface area (Å²) in [7, 11) is 1.50. The highest BCUT2D eigenvalue weighted by molar-refractivity contribution is 6.28. The predicted molar refractivity (Wildman–Crippen MR) is 68.6 cm³/mol. The van der Waals surface area contributed by atoms with E-state index in [1.54, 1.807) is 0 Å². The zero-order chi connectivity index (χ0) is 12.7. The molecule has 0 saturated heterocycles. The monoisotopic (exact) mass is 258 g/mol. The van der Waals surface area contributed by atoms with E-state index in [-0.39, 0.29) is 11.3 Å². The van der Waals surface area contributed by atoms with Crippen LogP contribution >= 0.6 is 11.6 Å². The van der Waals surface area contributed by atoms with Gasteiger partial charge in [0.15, 0.2) is 0 Å². The third-order valence-electron chi connectivity index (χ3n) is 2.26. The van der Waals surface area contributed by atoms with E-state index >= 15 is 0 Å². The molecule has 0 radical (unpaired) electrons. The van der Waals surface area contributed by atoms with Crippen LogP contribution in [0, 0.1) is 5.92 Å². The minimum Gasteiger partial charge on any atom is -0.467 e. The molecule has 1 aromatic heterocycles. The van der Waals surface area contributed by atoms with Gasteiger partial charge in [-0.05, 0) is 23.9 Å². The number of methoxy groups -OCH3 is 1. The lowest BCUT2D eigenvalue weighted by molar-refractivity contribution is 0.379.